The number of nitrogens with one attached hydrogen (secondary N) is 3. The molecule has 1 aromatic carbocycles. The average molecular weight is 288 g/mol. The molecule has 2 heterocycles. The van der Waals surface area contributed by atoms with Gasteiger partial charge < -0.3 is 10.3 Å². The molecule has 0 radical (unpaired) electrons. The largest absolute Gasteiger partial charge is 0.360 e. The standard InChI is InChI=1S/C14H10F2N4O/c15-8-4-9(16)6-10(5-8)18-14(21)13-7-12(19-20-13)11-2-1-3-17-11/h1-7,17H,(H,18,21)(H,19,20). The third kappa shape index (κ3) is 2.81. The van der Waals surface area contributed by atoms with Gasteiger partial charge in [-0.1, -0.05) is 0 Å². The van der Waals surface area contributed by atoms with Crippen molar-refractivity contribution in [2.45, 2.75) is 0 Å². The molecule has 0 aliphatic carbocycles. The number of anilines is 1. The maximum atomic E-state index is 13.1. The van der Waals surface area contributed by atoms with E-state index in [4.69, 9.17) is 0 Å². The van der Waals surface area contributed by atoms with Gasteiger partial charge in [-0.3, -0.25) is 9.89 Å². The molecular weight excluding hydrogens is 278 g/mol. The highest BCUT2D eigenvalue weighted by Gasteiger charge is 2.12. The monoisotopic (exact) mass is 288 g/mol. The summed E-state index contributed by atoms with van der Waals surface area (Å²) in [6, 6.07) is 7.94. The van der Waals surface area contributed by atoms with Crippen LogP contribution in [-0.4, -0.2) is 21.1 Å². The van der Waals surface area contributed by atoms with Crippen molar-refractivity contribution in [2.75, 3.05) is 5.32 Å². The van der Waals surface area contributed by atoms with E-state index >= 15 is 0 Å². The third-order valence-corrected chi connectivity index (χ3v) is 2.82. The zero-order valence-corrected chi connectivity index (χ0v) is 10.7. The van der Waals surface area contributed by atoms with Crippen LogP contribution in [0.4, 0.5) is 14.5 Å². The van der Waals surface area contributed by atoms with Crippen molar-refractivity contribution >= 4 is 11.6 Å². The van der Waals surface area contributed by atoms with Gasteiger partial charge in [-0.05, 0) is 30.3 Å². The van der Waals surface area contributed by atoms with E-state index < -0.39 is 17.5 Å². The lowest BCUT2D eigenvalue weighted by Crippen LogP contribution is -2.12. The first-order valence-electron chi connectivity index (χ1n) is 6.08. The van der Waals surface area contributed by atoms with Gasteiger partial charge in [-0.25, -0.2) is 8.78 Å². The minimum absolute atomic E-state index is 0.0357. The molecule has 3 aromatic rings. The number of aromatic nitrogens is 3. The highest BCUT2D eigenvalue weighted by atomic mass is 19.1. The summed E-state index contributed by atoms with van der Waals surface area (Å²) in [5.74, 6) is -2.06. The Morgan fingerprint density at radius 2 is 1.90 bits per heavy atom. The van der Waals surface area contributed by atoms with Crippen molar-refractivity contribution in [3.8, 4) is 11.4 Å². The fourth-order valence-electron chi connectivity index (χ4n) is 1.89. The summed E-state index contributed by atoms with van der Waals surface area (Å²) in [6.45, 7) is 0. The van der Waals surface area contributed by atoms with Gasteiger partial charge in [-0.15, -0.1) is 0 Å². The number of hydrogen-bond acceptors (Lipinski definition) is 2. The van der Waals surface area contributed by atoms with E-state index in [2.05, 4.69) is 20.5 Å². The van der Waals surface area contributed by atoms with E-state index in [0.717, 1.165) is 23.9 Å². The van der Waals surface area contributed by atoms with Crippen molar-refractivity contribution in [1.82, 2.24) is 15.2 Å². The van der Waals surface area contributed by atoms with Crippen molar-refractivity contribution in [3.63, 3.8) is 0 Å². The number of H-pyrrole nitrogens is 2. The second-order valence-electron chi connectivity index (χ2n) is 4.36. The number of rotatable bonds is 3. The van der Waals surface area contributed by atoms with Crippen LogP contribution in [-0.2, 0) is 0 Å². The number of benzene rings is 1. The summed E-state index contributed by atoms with van der Waals surface area (Å²) in [6.07, 6.45) is 1.74. The van der Waals surface area contributed by atoms with Gasteiger partial charge in [0.2, 0.25) is 0 Å². The number of carbonyl (C=O) groups is 1. The van der Waals surface area contributed by atoms with Crippen LogP contribution < -0.4 is 5.32 Å². The Morgan fingerprint density at radius 3 is 2.57 bits per heavy atom. The Kier molecular flexibility index (Phi) is 3.23. The highest BCUT2D eigenvalue weighted by Crippen LogP contribution is 2.17. The second kappa shape index (κ2) is 5.20. The molecule has 0 aliphatic rings. The third-order valence-electron chi connectivity index (χ3n) is 2.82. The zero-order valence-electron chi connectivity index (χ0n) is 10.7. The Hall–Kier alpha value is -2.96. The number of aromatic amines is 2. The molecule has 0 atom stereocenters. The Bertz CT molecular complexity index is 760. The summed E-state index contributed by atoms with van der Waals surface area (Å²) in [5, 5.41) is 8.96. The molecule has 0 saturated carbocycles. The molecule has 0 unspecified atom stereocenters. The molecule has 0 spiro atoms. The van der Waals surface area contributed by atoms with Crippen LogP contribution in [0.2, 0.25) is 0 Å². The average Bonchev–Trinajstić information content (AvgIpc) is 3.09. The topological polar surface area (TPSA) is 73.6 Å². The lowest BCUT2D eigenvalue weighted by Gasteiger charge is -2.03. The van der Waals surface area contributed by atoms with Crippen LogP contribution >= 0.6 is 0 Å². The van der Waals surface area contributed by atoms with E-state index in [9.17, 15) is 13.6 Å². The number of hydrogen-bond donors (Lipinski definition) is 3. The van der Waals surface area contributed by atoms with Gasteiger partial charge in [0.05, 0.1) is 5.69 Å². The van der Waals surface area contributed by atoms with Gasteiger partial charge in [0, 0.05) is 18.0 Å². The molecule has 3 rings (SSSR count). The molecule has 2 aromatic heterocycles. The first kappa shape index (κ1) is 13.0. The van der Waals surface area contributed by atoms with Crippen molar-refractivity contribution in [1.29, 1.82) is 0 Å². The Morgan fingerprint density at radius 1 is 1.14 bits per heavy atom. The first-order valence-corrected chi connectivity index (χ1v) is 6.08. The van der Waals surface area contributed by atoms with Gasteiger partial charge in [0.25, 0.3) is 5.91 Å². The smallest absolute Gasteiger partial charge is 0.273 e. The minimum Gasteiger partial charge on any atom is -0.360 e. The molecule has 1 amide bonds. The molecule has 0 aliphatic heterocycles. The second-order valence-corrected chi connectivity index (χ2v) is 4.36. The van der Waals surface area contributed by atoms with E-state index in [1.54, 1.807) is 18.3 Å². The quantitative estimate of drug-likeness (QED) is 0.693. The summed E-state index contributed by atoms with van der Waals surface area (Å²) in [5.41, 5.74) is 1.54. The maximum absolute atomic E-state index is 13.1. The van der Waals surface area contributed by atoms with Crippen LogP contribution in [0.5, 0.6) is 0 Å². The Labute approximate surface area is 118 Å². The molecule has 5 nitrogen and oxygen atoms in total. The van der Waals surface area contributed by atoms with Gasteiger partial charge in [0.15, 0.2) is 0 Å². The Balaban J connectivity index is 1.79. The molecular formula is C14H10F2N4O. The SMILES string of the molecule is O=C(Nc1cc(F)cc(F)c1)c1cc(-c2ccc[nH]2)n[nH]1. The maximum Gasteiger partial charge on any atom is 0.273 e. The summed E-state index contributed by atoms with van der Waals surface area (Å²) >= 11 is 0. The summed E-state index contributed by atoms with van der Waals surface area (Å²) < 4.78 is 26.1. The molecule has 7 heteroatoms. The fraction of sp³-hybridized carbons (Fsp3) is 0. The molecule has 0 bridgehead atoms. The zero-order chi connectivity index (χ0) is 14.8. The van der Waals surface area contributed by atoms with Gasteiger partial charge >= 0.3 is 0 Å². The van der Waals surface area contributed by atoms with Crippen molar-refractivity contribution in [2.24, 2.45) is 0 Å². The number of nitrogens with zero attached hydrogens (tertiary/aromatic N) is 1. The van der Waals surface area contributed by atoms with Crippen LogP contribution in [0.1, 0.15) is 10.5 Å². The molecule has 3 N–H and O–H groups in total. The van der Waals surface area contributed by atoms with Crippen LogP contribution in [0.3, 0.4) is 0 Å². The minimum atomic E-state index is -0.762. The lowest BCUT2D eigenvalue weighted by atomic mass is 10.2. The van der Waals surface area contributed by atoms with Gasteiger partial charge in [-0.2, -0.15) is 5.10 Å². The number of halogens is 2. The fourth-order valence-corrected chi connectivity index (χ4v) is 1.89. The van der Waals surface area contributed by atoms with Crippen molar-refractivity contribution in [3.05, 3.63) is 59.9 Å². The van der Waals surface area contributed by atoms with E-state index in [0.29, 0.717) is 5.69 Å². The number of carbonyl (C=O) groups excluding carboxylic acids is 1. The summed E-state index contributed by atoms with van der Waals surface area (Å²) in [4.78, 5) is 14.9. The molecule has 0 saturated heterocycles. The summed E-state index contributed by atoms with van der Waals surface area (Å²) in [7, 11) is 0. The van der Waals surface area contributed by atoms with E-state index in [1.165, 1.54) is 6.07 Å². The predicted molar refractivity (Wildman–Crippen MR) is 72.7 cm³/mol. The normalized spacial score (nSPS) is 10.6. The van der Waals surface area contributed by atoms with E-state index in [-0.39, 0.29) is 11.4 Å². The molecule has 106 valence electrons. The van der Waals surface area contributed by atoms with Crippen molar-refractivity contribution < 1.29 is 13.6 Å². The predicted octanol–water partition coefficient (Wildman–Crippen LogP) is 2.94. The first-order chi connectivity index (χ1) is 10.1. The van der Waals surface area contributed by atoms with Crippen LogP contribution in [0, 0.1) is 11.6 Å². The van der Waals surface area contributed by atoms with Crippen LogP contribution in [0.15, 0.2) is 42.6 Å². The lowest BCUT2D eigenvalue weighted by molar-refractivity contribution is 0.102. The molecule has 21 heavy (non-hydrogen) atoms. The van der Waals surface area contributed by atoms with Gasteiger partial charge in [0.1, 0.15) is 23.0 Å². The molecule has 0 fully saturated rings. The number of amides is 1. The highest BCUT2D eigenvalue weighted by molar-refractivity contribution is 6.03. The van der Waals surface area contributed by atoms with E-state index in [1.807, 2.05) is 0 Å². The van der Waals surface area contributed by atoms with Crippen LogP contribution in [0.25, 0.3) is 11.4 Å².